The highest BCUT2D eigenvalue weighted by Crippen LogP contribution is 2.26. The Morgan fingerprint density at radius 2 is 1.60 bits per heavy atom. The van der Waals surface area contributed by atoms with E-state index in [0.717, 1.165) is 50.4 Å². The zero-order chi connectivity index (χ0) is 20.8. The summed E-state index contributed by atoms with van der Waals surface area (Å²) in [4.78, 5) is 3.68. The number of ether oxygens (including phenoxy) is 1. The molecule has 156 valence electrons. The van der Waals surface area contributed by atoms with Gasteiger partial charge in [0, 0.05) is 11.4 Å². The molecular weight excluding hydrogens is 393 g/mol. The lowest BCUT2D eigenvalue weighted by Crippen LogP contribution is -2.35. The van der Waals surface area contributed by atoms with Crippen LogP contribution in [0.15, 0.2) is 77.7 Å². The van der Waals surface area contributed by atoms with Crippen molar-refractivity contribution in [1.29, 1.82) is 0 Å². The van der Waals surface area contributed by atoms with Gasteiger partial charge in [0.15, 0.2) is 0 Å². The quantitative estimate of drug-likeness (QED) is 0.404. The molecule has 0 amide bonds. The van der Waals surface area contributed by atoms with Crippen molar-refractivity contribution in [3.05, 3.63) is 84.2 Å². The number of hydrogen-bond acceptors (Lipinski definition) is 3. The van der Waals surface area contributed by atoms with Crippen LogP contribution >= 0.6 is 11.8 Å². The topological polar surface area (TPSA) is 12.5 Å². The van der Waals surface area contributed by atoms with Gasteiger partial charge in [-0.2, -0.15) is 0 Å². The van der Waals surface area contributed by atoms with Gasteiger partial charge in [-0.1, -0.05) is 36.4 Å². The van der Waals surface area contributed by atoms with Gasteiger partial charge in [-0.25, -0.2) is 4.39 Å². The van der Waals surface area contributed by atoms with E-state index in [0.29, 0.717) is 5.92 Å². The van der Waals surface area contributed by atoms with Gasteiger partial charge in [-0.05, 0) is 91.2 Å². The Balaban J connectivity index is 1.23. The number of hydrogen-bond donors (Lipinski definition) is 0. The third-order valence-corrected chi connectivity index (χ3v) is 6.51. The molecule has 4 heteroatoms. The van der Waals surface area contributed by atoms with Gasteiger partial charge in [0.2, 0.25) is 0 Å². The van der Waals surface area contributed by atoms with E-state index in [-0.39, 0.29) is 5.82 Å². The van der Waals surface area contributed by atoms with Crippen molar-refractivity contribution in [3.63, 3.8) is 0 Å². The Morgan fingerprint density at radius 1 is 0.933 bits per heavy atom. The smallest absolute Gasteiger partial charge is 0.123 e. The summed E-state index contributed by atoms with van der Waals surface area (Å²) in [6.45, 7) is 3.66. The molecule has 0 N–H and O–H groups in total. The molecule has 0 spiro atoms. The number of nitrogens with zero attached hydrogens (tertiary/aromatic N) is 1. The van der Waals surface area contributed by atoms with Crippen molar-refractivity contribution in [2.45, 2.75) is 24.3 Å². The molecule has 1 heterocycles. The van der Waals surface area contributed by atoms with Crippen molar-refractivity contribution in [2.75, 3.05) is 26.0 Å². The lowest BCUT2D eigenvalue weighted by molar-refractivity contribution is 0.136. The maximum Gasteiger partial charge on any atom is 0.123 e. The SMILES string of the molecule is CSc1ccc(-c2ccc(OCC3CCN(Cc4cccc(F)c4)CC3)cc2)cc1. The van der Waals surface area contributed by atoms with Gasteiger partial charge in [-0.15, -0.1) is 11.8 Å². The second-order valence-corrected chi connectivity index (χ2v) is 8.79. The van der Waals surface area contributed by atoms with Crippen LogP contribution in [0.4, 0.5) is 4.39 Å². The highest BCUT2D eigenvalue weighted by Gasteiger charge is 2.20. The summed E-state index contributed by atoms with van der Waals surface area (Å²) in [7, 11) is 0. The summed E-state index contributed by atoms with van der Waals surface area (Å²) in [5.74, 6) is 1.35. The van der Waals surface area contributed by atoms with E-state index >= 15 is 0 Å². The van der Waals surface area contributed by atoms with Crippen LogP contribution in [0.2, 0.25) is 0 Å². The summed E-state index contributed by atoms with van der Waals surface area (Å²) in [6, 6.07) is 24.0. The van der Waals surface area contributed by atoms with Gasteiger partial charge in [0.05, 0.1) is 6.61 Å². The van der Waals surface area contributed by atoms with E-state index in [4.69, 9.17) is 4.74 Å². The first-order valence-corrected chi connectivity index (χ1v) is 11.8. The predicted octanol–water partition coefficient (Wildman–Crippen LogP) is 6.51. The van der Waals surface area contributed by atoms with Crippen molar-refractivity contribution >= 4 is 11.8 Å². The van der Waals surface area contributed by atoms with Crippen LogP contribution in [0.1, 0.15) is 18.4 Å². The first kappa shape index (κ1) is 21.0. The molecule has 30 heavy (non-hydrogen) atoms. The lowest BCUT2D eigenvalue weighted by atomic mass is 9.97. The van der Waals surface area contributed by atoms with Crippen LogP contribution in [0.5, 0.6) is 5.75 Å². The minimum atomic E-state index is -0.154. The standard InChI is InChI=1S/C26H28FNOS/c1-30-26-11-7-23(8-12-26)22-5-9-25(10-6-22)29-19-20-13-15-28(16-14-20)18-21-3-2-4-24(27)17-21/h2-12,17,20H,13-16,18-19H2,1H3. The van der Waals surface area contributed by atoms with E-state index < -0.39 is 0 Å². The maximum atomic E-state index is 13.4. The Morgan fingerprint density at radius 3 is 2.23 bits per heavy atom. The van der Waals surface area contributed by atoms with E-state index in [1.165, 1.54) is 22.1 Å². The molecule has 4 rings (SSSR count). The minimum Gasteiger partial charge on any atom is -0.493 e. The first-order valence-electron chi connectivity index (χ1n) is 10.5. The number of likely N-dealkylation sites (tertiary alicyclic amines) is 1. The number of thioether (sulfide) groups is 1. The molecule has 0 saturated carbocycles. The molecule has 1 fully saturated rings. The summed E-state index contributed by atoms with van der Waals surface area (Å²) in [5, 5.41) is 0. The zero-order valence-electron chi connectivity index (χ0n) is 17.4. The molecule has 0 aliphatic carbocycles. The molecule has 0 radical (unpaired) electrons. The highest BCUT2D eigenvalue weighted by molar-refractivity contribution is 7.98. The highest BCUT2D eigenvalue weighted by atomic mass is 32.2. The fourth-order valence-electron chi connectivity index (χ4n) is 3.95. The van der Waals surface area contributed by atoms with Gasteiger partial charge >= 0.3 is 0 Å². The third kappa shape index (κ3) is 5.65. The van der Waals surface area contributed by atoms with Crippen LogP contribution < -0.4 is 4.74 Å². The van der Waals surface area contributed by atoms with Crippen LogP contribution in [0.3, 0.4) is 0 Å². The molecule has 2 nitrogen and oxygen atoms in total. The van der Waals surface area contributed by atoms with E-state index in [1.807, 2.05) is 6.07 Å². The Labute approximate surface area is 183 Å². The van der Waals surface area contributed by atoms with Crippen LogP contribution in [0, 0.1) is 11.7 Å². The van der Waals surface area contributed by atoms with Gasteiger partial charge in [-0.3, -0.25) is 4.90 Å². The third-order valence-electron chi connectivity index (χ3n) is 5.77. The lowest BCUT2D eigenvalue weighted by Gasteiger charge is -2.31. The number of rotatable bonds is 7. The monoisotopic (exact) mass is 421 g/mol. The van der Waals surface area contributed by atoms with Gasteiger partial charge in [0.1, 0.15) is 11.6 Å². The molecule has 1 aliphatic rings. The molecule has 3 aromatic carbocycles. The predicted molar refractivity (Wildman–Crippen MR) is 124 cm³/mol. The van der Waals surface area contributed by atoms with Gasteiger partial charge < -0.3 is 4.74 Å². The average molecular weight is 422 g/mol. The number of piperidine rings is 1. The Bertz CT molecular complexity index is 934. The van der Waals surface area contributed by atoms with Crippen LogP contribution in [-0.2, 0) is 6.54 Å². The fourth-order valence-corrected chi connectivity index (χ4v) is 4.35. The summed E-state index contributed by atoms with van der Waals surface area (Å²) in [6.07, 6.45) is 4.33. The zero-order valence-corrected chi connectivity index (χ0v) is 18.2. The normalized spacial score (nSPS) is 15.3. The van der Waals surface area contributed by atoms with Crippen molar-refractivity contribution in [1.82, 2.24) is 4.90 Å². The van der Waals surface area contributed by atoms with Gasteiger partial charge in [0.25, 0.3) is 0 Å². The first-order chi connectivity index (χ1) is 14.7. The summed E-state index contributed by atoms with van der Waals surface area (Å²) >= 11 is 1.76. The van der Waals surface area contributed by atoms with Crippen molar-refractivity contribution in [2.24, 2.45) is 5.92 Å². The summed E-state index contributed by atoms with van der Waals surface area (Å²) < 4.78 is 19.4. The molecule has 0 unspecified atom stereocenters. The molecule has 0 atom stereocenters. The maximum absolute atomic E-state index is 13.4. The molecule has 3 aromatic rings. The van der Waals surface area contributed by atoms with E-state index in [9.17, 15) is 4.39 Å². The molecule has 1 aliphatic heterocycles. The van der Waals surface area contributed by atoms with Crippen LogP contribution in [0.25, 0.3) is 11.1 Å². The Kier molecular flexibility index (Phi) is 7.08. The average Bonchev–Trinajstić information content (AvgIpc) is 2.79. The van der Waals surface area contributed by atoms with Crippen LogP contribution in [-0.4, -0.2) is 30.9 Å². The molecule has 0 aromatic heterocycles. The number of benzene rings is 3. The van der Waals surface area contributed by atoms with Crippen molar-refractivity contribution < 1.29 is 9.13 Å². The fraction of sp³-hybridized carbons (Fsp3) is 0.308. The van der Waals surface area contributed by atoms with Crippen molar-refractivity contribution in [3.8, 4) is 16.9 Å². The second-order valence-electron chi connectivity index (χ2n) is 7.91. The summed E-state index contributed by atoms with van der Waals surface area (Å²) in [5.41, 5.74) is 3.48. The minimum absolute atomic E-state index is 0.154. The number of halogens is 1. The second kappa shape index (κ2) is 10.1. The van der Waals surface area contributed by atoms with E-state index in [2.05, 4.69) is 59.7 Å². The largest absolute Gasteiger partial charge is 0.493 e. The molecular formula is C26H28FNOS. The molecule has 1 saturated heterocycles. The molecule has 0 bridgehead atoms. The van der Waals surface area contributed by atoms with E-state index in [1.54, 1.807) is 23.9 Å². The Hall–Kier alpha value is -2.30.